The molecule has 6 nitrogen and oxygen atoms in total. The fourth-order valence-electron chi connectivity index (χ4n) is 2.99. The van der Waals surface area contributed by atoms with E-state index in [-0.39, 0.29) is 11.8 Å². The lowest BCUT2D eigenvalue weighted by Crippen LogP contribution is -2.54. The Morgan fingerprint density at radius 3 is 2.41 bits per heavy atom. The minimum atomic E-state index is -0.517. The molecule has 150 valence electrons. The standard InChI is InChI=1S/C20H30ClN3O3/c1-14(22-19(26)20(2,3)4)18(25)24-10-8-23(9-11-24)13-15-12-16(21)6-7-17(15)27-5/h6-7,12,14H,8-11,13H2,1-5H3,(H,22,26). The van der Waals surface area contributed by atoms with Gasteiger partial charge in [-0.25, -0.2) is 0 Å². The molecule has 1 aromatic carbocycles. The molecular weight excluding hydrogens is 366 g/mol. The van der Waals surface area contributed by atoms with E-state index in [2.05, 4.69) is 10.2 Å². The van der Waals surface area contributed by atoms with Gasteiger partial charge in [0.15, 0.2) is 0 Å². The topological polar surface area (TPSA) is 61.9 Å². The first-order valence-corrected chi connectivity index (χ1v) is 9.64. The van der Waals surface area contributed by atoms with Gasteiger partial charge in [-0.15, -0.1) is 0 Å². The number of amides is 2. The van der Waals surface area contributed by atoms with Gasteiger partial charge in [-0.1, -0.05) is 32.4 Å². The summed E-state index contributed by atoms with van der Waals surface area (Å²) in [5.41, 5.74) is 0.527. The van der Waals surface area contributed by atoms with Crippen molar-refractivity contribution in [2.45, 2.75) is 40.3 Å². The van der Waals surface area contributed by atoms with E-state index in [0.29, 0.717) is 18.1 Å². The third-order valence-electron chi connectivity index (χ3n) is 4.72. The molecule has 1 unspecified atom stereocenters. The molecule has 2 amide bonds. The van der Waals surface area contributed by atoms with Crippen molar-refractivity contribution in [3.05, 3.63) is 28.8 Å². The second-order valence-corrected chi connectivity index (χ2v) is 8.44. The quantitative estimate of drug-likeness (QED) is 0.832. The van der Waals surface area contributed by atoms with Crippen LogP contribution in [0.15, 0.2) is 18.2 Å². The Morgan fingerprint density at radius 2 is 1.85 bits per heavy atom. The lowest BCUT2D eigenvalue weighted by atomic mass is 9.95. The van der Waals surface area contributed by atoms with Gasteiger partial charge in [0.05, 0.1) is 7.11 Å². The maximum Gasteiger partial charge on any atom is 0.244 e. The Balaban J connectivity index is 1.89. The average Bonchev–Trinajstić information content (AvgIpc) is 2.61. The van der Waals surface area contributed by atoms with Crippen molar-refractivity contribution in [3.8, 4) is 5.75 Å². The third kappa shape index (κ3) is 5.84. The van der Waals surface area contributed by atoms with Crippen LogP contribution in [-0.4, -0.2) is 60.9 Å². The Bertz CT molecular complexity index is 680. The molecule has 27 heavy (non-hydrogen) atoms. The van der Waals surface area contributed by atoms with Crippen LogP contribution in [0.1, 0.15) is 33.3 Å². The molecule has 1 aromatic rings. The zero-order chi connectivity index (χ0) is 20.2. The highest BCUT2D eigenvalue weighted by Crippen LogP contribution is 2.24. The van der Waals surface area contributed by atoms with E-state index in [9.17, 15) is 9.59 Å². The zero-order valence-corrected chi connectivity index (χ0v) is 17.6. The summed E-state index contributed by atoms with van der Waals surface area (Å²) in [6.07, 6.45) is 0. The predicted octanol–water partition coefficient (Wildman–Crippen LogP) is 2.54. The Hall–Kier alpha value is -1.79. The van der Waals surface area contributed by atoms with Crippen molar-refractivity contribution in [1.29, 1.82) is 0 Å². The second-order valence-electron chi connectivity index (χ2n) is 8.00. The SMILES string of the molecule is COc1ccc(Cl)cc1CN1CCN(C(=O)C(C)NC(=O)C(C)(C)C)CC1. The minimum Gasteiger partial charge on any atom is -0.496 e. The zero-order valence-electron chi connectivity index (χ0n) is 16.8. The number of carbonyl (C=O) groups excluding carboxylic acids is 2. The van der Waals surface area contributed by atoms with Crippen LogP contribution in [-0.2, 0) is 16.1 Å². The molecule has 0 aromatic heterocycles. The average molecular weight is 396 g/mol. The van der Waals surface area contributed by atoms with Crippen molar-refractivity contribution in [1.82, 2.24) is 15.1 Å². The van der Waals surface area contributed by atoms with Crippen LogP contribution >= 0.6 is 11.6 Å². The van der Waals surface area contributed by atoms with Gasteiger partial charge in [0.25, 0.3) is 0 Å². The molecule has 0 radical (unpaired) electrons. The smallest absolute Gasteiger partial charge is 0.244 e. The fraction of sp³-hybridized carbons (Fsp3) is 0.600. The number of nitrogens with zero attached hydrogens (tertiary/aromatic N) is 2. The molecule has 1 aliphatic heterocycles. The first kappa shape index (κ1) is 21.5. The second kappa shape index (κ2) is 8.93. The van der Waals surface area contributed by atoms with Crippen molar-refractivity contribution < 1.29 is 14.3 Å². The molecule has 2 rings (SSSR count). The summed E-state index contributed by atoms with van der Waals surface area (Å²) in [5.74, 6) is 0.666. The number of piperazine rings is 1. The summed E-state index contributed by atoms with van der Waals surface area (Å²) in [5, 5.41) is 3.50. The number of hydrogen-bond donors (Lipinski definition) is 1. The molecule has 7 heteroatoms. The Kier molecular flexibility index (Phi) is 7.12. The van der Waals surface area contributed by atoms with E-state index in [1.807, 2.05) is 43.9 Å². The van der Waals surface area contributed by atoms with Gasteiger partial charge >= 0.3 is 0 Å². The lowest BCUT2D eigenvalue weighted by molar-refractivity contribution is -0.139. The highest BCUT2D eigenvalue weighted by molar-refractivity contribution is 6.30. The van der Waals surface area contributed by atoms with Crippen LogP contribution in [0.4, 0.5) is 0 Å². The summed E-state index contributed by atoms with van der Waals surface area (Å²) in [4.78, 5) is 28.8. The van der Waals surface area contributed by atoms with Crippen LogP contribution < -0.4 is 10.1 Å². The summed E-state index contributed by atoms with van der Waals surface area (Å²) < 4.78 is 5.41. The number of rotatable bonds is 5. The lowest BCUT2D eigenvalue weighted by Gasteiger charge is -2.36. The van der Waals surface area contributed by atoms with E-state index in [1.54, 1.807) is 14.0 Å². The van der Waals surface area contributed by atoms with E-state index in [1.165, 1.54) is 0 Å². The van der Waals surface area contributed by atoms with Crippen LogP contribution in [0.3, 0.4) is 0 Å². The summed E-state index contributed by atoms with van der Waals surface area (Å²) >= 11 is 6.10. The fourth-order valence-corrected chi connectivity index (χ4v) is 3.18. The predicted molar refractivity (Wildman–Crippen MR) is 107 cm³/mol. The molecular formula is C20H30ClN3O3. The number of halogens is 1. The molecule has 0 spiro atoms. The first-order valence-electron chi connectivity index (χ1n) is 9.26. The maximum atomic E-state index is 12.6. The van der Waals surface area contributed by atoms with Crippen molar-refractivity contribution in [3.63, 3.8) is 0 Å². The highest BCUT2D eigenvalue weighted by atomic mass is 35.5. The van der Waals surface area contributed by atoms with Crippen molar-refractivity contribution in [2.24, 2.45) is 5.41 Å². The van der Waals surface area contributed by atoms with E-state index >= 15 is 0 Å². The van der Waals surface area contributed by atoms with Gasteiger partial charge < -0.3 is 15.0 Å². The number of carbonyl (C=O) groups is 2. The number of benzene rings is 1. The van der Waals surface area contributed by atoms with Gasteiger partial charge in [-0.2, -0.15) is 0 Å². The molecule has 1 N–H and O–H groups in total. The molecule has 1 heterocycles. The largest absolute Gasteiger partial charge is 0.496 e. The number of ether oxygens (including phenoxy) is 1. The summed E-state index contributed by atoms with van der Waals surface area (Å²) in [7, 11) is 1.65. The van der Waals surface area contributed by atoms with Crippen molar-refractivity contribution in [2.75, 3.05) is 33.3 Å². The van der Waals surface area contributed by atoms with Crippen molar-refractivity contribution >= 4 is 23.4 Å². The van der Waals surface area contributed by atoms with E-state index < -0.39 is 11.5 Å². The summed E-state index contributed by atoms with van der Waals surface area (Å²) in [6.45, 7) is 10.8. The van der Waals surface area contributed by atoms with Gasteiger partial charge in [0.2, 0.25) is 11.8 Å². The molecule has 1 aliphatic rings. The van der Waals surface area contributed by atoms with Crippen LogP contribution in [0.25, 0.3) is 0 Å². The normalized spacial score (nSPS) is 16.7. The molecule has 0 saturated carbocycles. The van der Waals surface area contributed by atoms with Gasteiger partial charge in [0.1, 0.15) is 11.8 Å². The van der Waals surface area contributed by atoms with Gasteiger partial charge in [0, 0.05) is 48.7 Å². The van der Waals surface area contributed by atoms with E-state index in [4.69, 9.17) is 16.3 Å². The number of methoxy groups -OCH3 is 1. The number of hydrogen-bond acceptors (Lipinski definition) is 4. The van der Waals surface area contributed by atoms with Crippen LogP contribution in [0, 0.1) is 5.41 Å². The first-order chi connectivity index (χ1) is 12.6. The molecule has 1 saturated heterocycles. The Labute approximate surface area is 166 Å². The van der Waals surface area contributed by atoms with Crippen LogP contribution in [0.5, 0.6) is 5.75 Å². The van der Waals surface area contributed by atoms with E-state index in [0.717, 1.165) is 30.9 Å². The van der Waals surface area contributed by atoms with Gasteiger partial charge in [-0.05, 0) is 25.1 Å². The van der Waals surface area contributed by atoms with Gasteiger partial charge in [-0.3, -0.25) is 14.5 Å². The Morgan fingerprint density at radius 1 is 1.22 bits per heavy atom. The highest BCUT2D eigenvalue weighted by Gasteiger charge is 2.29. The number of nitrogens with one attached hydrogen (secondary N) is 1. The minimum absolute atomic E-state index is 0.0346. The maximum absolute atomic E-state index is 12.6. The van der Waals surface area contributed by atoms with Crippen LogP contribution in [0.2, 0.25) is 5.02 Å². The summed E-state index contributed by atoms with van der Waals surface area (Å²) in [6, 6.07) is 5.09. The molecule has 1 fully saturated rings. The molecule has 0 bridgehead atoms. The monoisotopic (exact) mass is 395 g/mol. The molecule has 0 aliphatic carbocycles. The molecule has 1 atom stereocenters. The third-order valence-corrected chi connectivity index (χ3v) is 4.95.